The number of halogens is 3. The second kappa shape index (κ2) is 9.15. The summed E-state index contributed by atoms with van der Waals surface area (Å²) in [4.78, 5) is 12.4. The third-order valence-electron chi connectivity index (χ3n) is 3.35. The summed E-state index contributed by atoms with van der Waals surface area (Å²) in [5, 5.41) is 7.17. The van der Waals surface area contributed by atoms with E-state index in [0.29, 0.717) is 22.6 Å². The zero-order valence-corrected chi connectivity index (χ0v) is 15.9. The van der Waals surface area contributed by atoms with Crippen molar-refractivity contribution in [3.8, 4) is 5.69 Å². The number of aromatic nitrogens is 2. The van der Waals surface area contributed by atoms with Gasteiger partial charge in [0.25, 0.3) is 5.91 Å². The fourth-order valence-electron chi connectivity index (χ4n) is 2.27. The van der Waals surface area contributed by atoms with Gasteiger partial charge in [-0.3, -0.25) is 4.79 Å². The van der Waals surface area contributed by atoms with Crippen molar-refractivity contribution in [2.24, 2.45) is 11.7 Å². The Labute approximate surface area is 155 Å². The molecule has 8 heteroatoms. The Morgan fingerprint density at radius 2 is 2.00 bits per heavy atom. The molecule has 0 saturated heterocycles. The van der Waals surface area contributed by atoms with Crippen LogP contribution < -0.4 is 11.1 Å². The molecule has 1 atom stereocenters. The molecular formula is C16H21BrClFN4O. The summed E-state index contributed by atoms with van der Waals surface area (Å²) < 4.78 is 15.1. The highest BCUT2D eigenvalue weighted by Crippen LogP contribution is 2.19. The van der Waals surface area contributed by atoms with Crippen LogP contribution in [-0.2, 0) is 0 Å². The second-order valence-corrected chi connectivity index (χ2v) is 6.64. The van der Waals surface area contributed by atoms with E-state index in [0.717, 1.165) is 6.42 Å². The van der Waals surface area contributed by atoms with Gasteiger partial charge in [-0.15, -0.1) is 12.4 Å². The monoisotopic (exact) mass is 418 g/mol. The predicted molar refractivity (Wildman–Crippen MR) is 98.2 cm³/mol. The van der Waals surface area contributed by atoms with Gasteiger partial charge < -0.3 is 11.1 Å². The minimum atomic E-state index is -0.322. The van der Waals surface area contributed by atoms with Crippen LogP contribution in [0.3, 0.4) is 0 Å². The molecule has 5 nitrogen and oxygen atoms in total. The van der Waals surface area contributed by atoms with Crippen LogP contribution in [0.5, 0.6) is 0 Å². The molecule has 0 aliphatic heterocycles. The number of carbonyl (C=O) groups excluding carboxylic acids is 1. The lowest BCUT2D eigenvalue weighted by Gasteiger charge is -2.18. The van der Waals surface area contributed by atoms with Crippen molar-refractivity contribution >= 4 is 34.2 Å². The van der Waals surface area contributed by atoms with Crippen molar-refractivity contribution in [1.82, 2.24) is 15.1 Å². The van der Waals surface area contributed by atoms with Crippen LogP contribution in [0.4, 0.5) is 4.39 Å². The summed E-state index contributed by atoms with van der Waals surface area (Å²) in [7, 11) is 0. The molecule has 2 rings (SSSR count). The Morgan fingerprint density at radius 3 is 2.54 bits per heavy atom. The van der Waals surface area contributed by atoms with Crippen LogP contribution in [0.2, 0.25) is 0 Å². The highest BCUT2D eigenvalue weighted by atomic mass is 79.9. The lowest BCUT2D eigenvalue weighted by molar-refractivity contribution is 0.0927. The van der Waals surface area contributed by atoms with E-state index < -0.39 is 0 Å². The van der Waals surface area contributed by atoms with Crippen molar-refractivity contribution in [3.05, 3.63) is 46.4 Å². The largest absolute Gasteiger partial charge is 0.347 e. The van der Waals surface area contributed by atoms with Gasteiger partial charge in [0.05, 0.1) is 10.2 Å². The molecule has 1 aromatic carbocycles. The fraction of sp³-hybridized carbons (Fsp3) is 0.375. The van der Waals surface area contributed by atoms with E-state index in [-0.39, 0.29) is 35.9 Å². The van der Waals surface area contributed by atoms with Gasteiger partial charge in [-0.25, -0.2) is 9.07 Å². The van der Waals surface area contributed by atoms with Crippen molar-refractivity contribution < 1.29 is 9.18 Å². The van der Waals surface area contributed by atoms with Crippen LogP contribution in [0.15, 0.2) is 34.9 Å². The number of hydrogen-bond acceptors (Lipinski definition) is 3. The van der Waals surface area contributed by atoms with Gasteiger partial charge in [-0.1, -0.05) is 13.8 Å². The first-order chi connectivity index (χ1) is 10.9. The number of benzene rings is 1. The van der Waals surface area contributed by atoms with E-state index in [1.54, 1.807) is 18.3 Å². The van der Waals surface area contributed by atoms with Gasteiger partial charge in [-0.2, -0.15) is 5.10 Å². The standard InChI is InChI=1S/C16H20BrFN4O.ClH/c1-10(2)7-12(8-19)20-16(23)15-14(17)9-22(21-15)13-5-3-11(18)4-6-13;/h3-6,9-10,12H,7-8,19H2,1-2H3,(H,20,23);1H. The maximum absolute atomic E-state index is 13.0. The van der Waals surface area contributed by atoms with Gasteiger partial charge in [0.2, 0.25) is 0 Å². The molecule has 0 saturated carbocycles. The van der Waals surface area contributed by atoms with Crippen LogP contribution in [0.1, 0.15) is 30.8 Å². The van der Waals surface area contributed by atoms with Gasteiger partial charge in [0, 0.05) is 18.8 Å². The average molecular weight is 420 g/mol. The lowest BCUT2D eigenvalue weighted by Crippen LogP contribution is -2.41. The number of nitrogens with one attached hydrogen (secondary N) is 1. The Hall–Kier alpha value is -1.44. The summed E-state index contributed by atoms with van der Waals surface area (Å²) in [5.74, 6) is -0.171. The highest BCUT2D eigenvalue weighted by molar-refractivity contribution is 9.10. The summed E-state index contributed by atoms with van der Waals surface area (Å²) in [6.07, 6.45) is 2.47. The zero-order chi connectivity index (χ0) is 17.0. The number of rotatable bonds is 6. The number of nitrogens with zero attached hydrogens (tertiary/aromatic N) is 2. The quantitative estimate of drug-likeness (QED) is 0.754. The molecule has 0 spiro atoms. The van der Waals surface area contributed by atoms with E-state index in [1.807, 2.05) is 0 Å². The molecule has 24 heavy (non-hydrogen) atoms. The molecule has 1 heterocycles. The van der Waals surface area contributed by atoms with Crippen molar-refractivity contribution in [2.75, 3.05) is 6.54 Å². The normalized spacial score (nSPS) is 11.9. The van der Waals surface area contributed by atoms with E-state index in [9.17, 15) is 9.18 Å². The molecule has 2 aromatic rings. The van der Waals surface area contributed by atoms with Crippen LogP contribution in [-0.4, -0.2) is 28.3 Å². The van der Waals surface area contributed by atoms with Gasteiger partial charge >= 0.3 is 0 Å². The van der Waals surface area contributed by atoms with Crippen LogP contribution in [0, 0.1) is 11.7 Å². The molecule has 1 unspecified atom stereocenters. The third-order valence-corrected chi connectivity index (χ3v) is 3.93. The summed E-state index contributed by atoms with van der Waals surface area (Å²) in [6, 6.07) is 5.79. The van der Waals surface area contributed by atoms with E-state index in [4.69, 9.17) is 5.73 Å². The smallest absolute Gasteiger partial charge is 0.273 e. The van der Waals surface area contributed by atoms with Crippen LogP contribution >= 0.6 is 28.3 Å². The van der Waals surface area contributed by atoms with Gasteiger partial charge in [-0.05, 0) is 52.5 Å². The predicted octanol–water partition coefficient (Wildman–Crippen LogP) is 3.30. The molecule has 1 aromatic heterocycles. The van der Waals surface area contributed by atoms with Crippen molar-refractivity contribution in [2.45, 2.75) is 26.3 Å². The highest BCUT2D eigenvalue weighted by Gasteiger charge is 2.19. The first-order valence-corrected chi connectivity index (χ1v) is 8.22. The Balaban J connectivity index is 0.00000288. The Morgan fingerprint density at radius 1 is 1.38 bits per heavy atom. The molecular weight excluding hydrogens is 399 g/mol. The number of nitrogens with two attached hydrogens (primary N) is 1. The van der Waals surface area contributed by atoms with E-state index in [1.165, 1.54) is 16.8 Å². The molecule has 1 amide bonds. The maximum Gasteiger partial charge on any atom is 0.273 e. The number of hydrogen-bond donors (Lipinski definition) is 2. The minimum absolute atomic E-state index is 0. The SMILES string of the molecule is CC(C)CC(CN)NC(=O)c1nn(-c2ccc(F)cc2)cc1Br.Cl. The van der Waals surface area contributed by atoms with Gasteiger partial charge in [0.1, 0.15) is 5.82 Å². The van der Waals surface area contributed by atoms with Crippen molar-refractivity contribution in [3.63, 3.8) is 0 Å². The van der Waals surface area contributed by atoms with E-state index in [2.05, 4.69) is 40.2 Å². The molecule has 3 N–H and O–H groups in total. The molecule has 0 aliphatic carbocycles. The molecule has 0 radical (unpaired) electrons. The van der Waals surface area contributed by atoms with Gasteiger partial charge in [0.15, 0.2) is 5.69 Å². The van der Waals surface area contributed by atoms with Crippen molar-refractivity contribution in [1.29, 1.82) is 0 Å². The molecule has 0 aliphatic rings. The maximum atomic E-state index is 13.0. The zero-order valence-electron chi connectivity index (χ0n) is 13.5. The summed E-state index contributed by atoms with van der Waals surface area (Å²) in [6.45, 7) is 4.53. The minimum Gasteiger partial charge on any atom is -0.347 e. The Bertz CT molecular complexity index is 675. The molecule has 132 valence electrons. The first-order valence-electron chi connectivity index (χ1n) is 7.42. The Kier molecular flexibility index (Phi) is 7.86. The second-order valence-electron chi connectivity index (χ2n) is 5.78. The topological polar surface area (TPSA) is 72.9 Å². The first kappa shape index (κ1) is 20.6. The molecule has 0 bridgehead atoms. The molecule has 0 fully saturated rings. The fourth-order valence-corrected chi connectivity index (χ4v) is 2.72. The lowest BCUT2D eigenvalue weighted by atomic mass is 10.0. The number of carbonyl (C=O) groups is 1. The van der Waals surface area contributed by atoms with Crippen LogP contribution in [0.25, 0.3) is 5.69 Å². The summed E-state index contributed by atoms with van der Waals surface area (Å²) >= 11 is 3.34. The third kappa shape index (κ3) is 5.29. The van der Waals surface area contributed by atoms with E-state index >= 15 is 0 Å². The summed E-state index contributed by atoms with van der Waals surface area (Å²) in [5.41, 5.74) is 6.65. The number of amides is 1. The average Bonchev–Trinajstić information content (AvgIpc) is 2.88.